The molecule has 0 saturated heterocycles. The molecule has 1 N–H and O–H groups in total. The molecular weight excluding hydrogens is 204 g/mol. The van der Waals surface area contributed by atoms with Gasteiger partial charge in [0.1, 0.15) is 18.0 Å². The van der Waals surface area contributed by atoms with Crippen molar-refractivity contribution < 1.29 is 0 Å². The summed E-state index contributed by atoms with van der Waals surface area (Å²) in [6, 6.07) is 0. The van der Waals surface area contributed by atoms with Gasteiger partial charge in [-0.25, -0.2) is 4.98 Å². The minimum Gasteiger partial charge on any atom is -0.334 e. The maximum Gasteiger partial charge on any atom is 0.146 e. The Hall–Kier alpha value is -1.69. The van der Waals surface area contributed by atoms with Crippen molar-refractivity contribution in [2.45, 2.75) is 26.6 Å². The highest BCUT2D eigenvalue weighted by Gasteiger charge is 2.02. The summed E-state index contributed by atoms with van der Waals surface area (Å²) < 4.78 is 4.02. The summed E-state index contributed by atoms with van der Waals surface area (Å²) in [7, 11) is 1.93. The molecule has 0 amide bonds. The number of rotatable bonds is 5. The molecule has 0 aliphatic rings. The number of hydrogen-bond acceptors (Lipinski definition) is 4. The van der Waals surface area contributed by atoms with Crippen molar-refractivity contribution in [3.63, 3.8) is 0 Å². The van der Waals surface area contributed by atoms with E-state index in [0.717, 1.165) is 24.7 Å². The van der Waals surface area contributed by atoms with Crippen molar-refractivity contribution in [1.29, 1.82) is 0 Å². The lowest BCUT2D eigenvalue weighted by atomic mass is 10.5. The monoisotopic (exact) mass is 220 g/mol. The zero-order valence-corrected chi connectivity index (χ0v) is 9.59. The Bertz CT molecular complexity index is 444. The number of imidazole rings is 1. The first kappa shape index (κ1) is 10.8. The van der Waals surface area contributed by atoms with Gasteiger partial charge in [0.15, 0.2) is 0 Å². The van der Waals surface area contributed by atoms with Crippen LogP contribution in [0.5, 0.6) is 0 Å². The van der Waals surface area contributed by atoms with Crippen LogP contribution in [0.4, 0.5) is 0 Å². The first-order valence-electron chi connectivity index (χ1n) is 5.35. The quantitative estimate of drug-likeness (QED) is 0.788. The van der Waals surface area contributed by atoms with Crippen LogP contribution in [0.2, 0.25) is 0 Å². The van der Waals surface area contributed by atoms with Gasteiger partial charge in [-0.15, -0.1) is 10.2 Å². The summed E-state index contributed by atoms with van der Waals surface area (Å²) in [4.78, 5) is 4.29. The normalized spacial score (nSPS) is 10.9. The smallest absolute Gasteiger partial charge is 0.146 e. The van der Waals surface area contributed by atoms with Gasteiger partial charge in [0.05, 0.1) is 13.1 Å². The molecule has 16 heavy (non-hydrogen) atoms. The third kappa shape index (κ3) is 2.27. The van der Waals surface area contributed by atoms with E-state index in [1.807, 2.05) is 24.0 Å². The van der Waals surface area contributed by atoms with Crippen molar-refractivity contribution in [2.24, 2.45) is 7.05 Å². The van der Waals surface area contributed by atoms with E-state index in [0.29, 0.717) is 6.54 Å². The highest BCUT2D eigenvalue weighted by atomic mass is 15.3. The van der Waals surface area contributed by atoms with Gasteiger partial charge < -0.3 is 14.5 Å². The molecular formula is C10H16N6. The Labute approximate surface area is 94.3 Å². The Morgan fingerprint density at radius 3 is 2.81 bits per heavy atom. The second kappa shape index (κ2) is 4.89. The SMILES string of the molecule is CCn1ccnc1CNCc1nncn1C. The first-order chi connectivity index (χ1) is 7.81. The summed E-state index contributed by atoms with van der Waals surface area (Å²) in [5.74, 6) is 1.97. The largest absolute Gasteiger partial charge is 0.334 e. The molecule has 0 spiro atoms. The van der Waals surface area contributed by atoms with E-state index < -0.39 is 0 Å². The van der Waals surface area contributed by atoms with Crippen LogP contribution in [-0.4, -0.2) is 24.3 Å². The molecule has 86 valence electrons. The molecule has 6 heteroatoms. The predicted octanol–water partition coefficient (Wildman–Crippen LogP) is 0.321. The van der Waals surface area contributed by atoms with Crippen LogP contribution in [0, 0.1) is 0 Å². The highest BCUT2D eigenvalue weighted by Crippen LogP contribution is 1.97. The number of hydrogen-bond donors (Lipinski definition) is 1. The lowest BCUT2D eigenvalue weighted by Gasteiger charge is -2.06. The maximum atomic E-state index is 4.29. The van der Waals surface area contributed by atoms with Gasteiger partial charge in [0, 0.05) is 26.0 Å². The van der Waals surface area contributed by atoms with Gasteiger partial charge in [-0.3, -0.25) is 0 Å². The van der Waals surface area contributed by atoms with Gasteiger partial charge in [-0.2, -0.15) is 0 Å². The predicted molar refractivity (Wildman–Crippen MR) is 59.4 cm³/mol. The van der Waals surface area contributed by atoms with E-state index >= 15 is 0 Å². The molecule has 6 nitrogen and oxygen atoms in total. The van der Waals surface area contributed by atoms with Crippen LogP contribution in [0.25, 0.3) is 0 Å². The topological polar surface area (TPSA) is 60.6 Å². The fourth-order valence-corrected chi connectivity index (χ4v) is 1.55. The number of aryl methyl sites for hydroxylation is 2. The van der Waals surface area contributed by atoms with Crippen LogP contribution in [0.15, 0.2) is 18.7 Å². The first-order valence-corrected chi connectivity index (χ1v) is 5.35. The Morgan fingerprint density at radius 1 is 1.31 bits per heavy atom. The molecule has 2 aromatic rings. The van der Waals surface area contributed by atoms with E-state index in [4.69, 9.17) is 0 Å². The number of aromatic nitrogens is 5. The van der Waals surface area contributed by atoms with E-state index in [2.05, 4.69) is 32.0 Å². The standard InChI is InChI=1S/C10H16N6/c1-3-16-5-4-12-9(16)6-11-7-10-14-13-8-15(10)2/h4-5,8,11H,3,6-7H2,1-2H3. The van der Waals surface area contributed by atoms with Crippen LogP contribution >= 0.6 is 0 Å². The van der Waals surface area contributed by atoms with Gasteiger partial charge in [-0.05, 0) is 6.92 Å². The molecule has 2 rings (SSSR count). The van der Waals surface area contributed by atoms with Crippen molar-refractivity contribution in [2.75, 3.05) is 0 Å². The molecule has 0 bridgehead atoms. The summed E-state index contributed by atoms with van der Waals surface area (Å²) in [5.41, 5.74) is 0. The summed E-state index contributed by atoms with van der Waals surface area (Å²) in [6.07, 6.45) is 5.51. The molecule has 2 aromatic heterocycles. The van der Waals surface area contributed by atoms with E-state index in [1.54, 1.807) is 6.33 Å². The Morgan fingerprint density at radius 2 is 2.12 bits per heavy atom. The third-order valence-corrected chi connectivity index (χ3v) is 2.51. The maximum absolute atomic E-state index is 4.29. The van der Waals surface area contributed by atoms with E-state index in [1.165, 1.54) is 0 Å². The summed E-state index contributed by atoms with van der Waals surface area (Å²) >= 11 is 0. The second-order valence-electron chi connectivity index (χ2n) is 3.59. The second-order valence-corrected chi connectivity index (χ2v) is 3.59. The Kier molecular flexibility index (Phi) is 3.31. The van der Waals surface area contributed by atoms with Crippen molar-refractivity contribution in [1.82, 2.24) is 29.6 Å². The van der Waals surface area contributed by atoms with Crippen LogP contribution < -0.4 is 5.32 Å². The molecule has 0 atom stereocenters. The van der Waals surface area contributed by atoms with Crippen LogP contribution in [0.1, 0.15) is 18.6 Å². The highest BCUT2D eigenvalue weighted by molar-refractivity contribution is 4.92. The van der Waals surface area contributed by atoms with E-state index in [-0.39, 0.29) is 0 Å². The summed E-state index contributed by atoms with van der Waals surface area (Å²) in [6.45, 7) is 4.50. The average Bonchev–Trinajstić information content (AvgIpc) is 2.88. The third-order valence-electron chi connectivity index (χ3n) is 2.51. The van der Waals surface area contributed by atoms with Gasteiger partial charge in [-0.1, -0.05) is 0 Å². The zero-order valence-electron chi connectivity index (χ0n) is 9.59. The lowest BCUT2D eigenvalue weighted by Crippen LogP contribution is -2.18. The lowest BCUT2D eigenvalue weighted by molar-refractivity contribution is 0.588. The fraction of sp³-hybridized carbons (Fsp3) is 0.500. The van der Waals surface area contributed by atoms with E-state index in [9.17, 15) is 0 Å². The van der Waals surface area contributed by atoms with Crippen LogP contribution in [-0.2, 0) is 26.7 Å². The molecule has 0 unspecified atom stereocenters. The molecule has 0 aliphatic carbocycles. The van der Waals surface area contributed by atoms with Gasteiger partial charge >= 0.3 is 0 Å². The molecule has 0 saturated carbocycles. The average molecular weight is 220 g/mol. The minimum absolute atomic E-state index is 0.701. The van der Waals surface area contributed by atoms with Crippen molar-refractivity contribution in [3.8, 4) is 0 Å². The molecule has 0 aliphatic heterocycles. The van der Waals surface area contributed by atoms with Crippen molar-refractivity contribution in [3.05, 3.63) is 30.4 Å². The van der Waals surface area contributed by atoms with Gasteiger partial charge in [0.2, 0.25) is 0 Å². The number of nitrogens with one attached hydrogen (secondary N) is 1. The molecule has 2 heterocycles. The molecule has 0 aromatic carbocycles. The van der Waals surface area contributed by atoms with Gasteiger partial charge in [0.25, 0.3) is 0 Å². The Balaban J connectivity index is 1.87. The van der Waals surface area contributed by atoms with Crippen molar-refractivity contribution >= 4 is 0 Å². The minimum atomic E-state index is 0.701. The molecule has 0 radical (unpaired) electrons. The zero-order chi connectivity index (χ0) is 11.4. The molecule has 0 fully saturated rings. The number of nitrogens with zero attached hydrogens (tertiary/aromatic N) is 5. The fourth-order valence-electron chi connectivity index (χ4n) is 1.55. The summed E-state index contributed by atoms with van der Waals surface area (Å²) in [5, 5.41) is 11.1. The van der Waals surface area contributed by atoms with Crippen LogP contribution in [0.3, 0.4) is 0 Å².